The largest absolute Gasteiger partial charge is 0.0622 e. The Morgan fingerprint density at radius 2 is 0.500 bits per heavy atom. The summed E-state index contributed by atoms with van der Waals surface area (Å²) < 4.78 is 0. The van der Waals surface area contributed by atoms with Crippen molar-refractivity contribution in [3.63, 3.8) is 0 Å². The van der Waals surface area contributed by atoms with Crippen LogP contribution in [-0.4, -0.2) is 0 Å². The SMILES string of the molecule is c1ccc(-c2ccccc2-c2ccc(-c3c4ccccc4c(-c4ccccc4)c4ccccc34)cc2-c2ccccc2-c2ccccc2)cc1. The molecular weight excluding hydrogens is 601 g/mol. The maximum Gasteiger partial charge on any atom is -0.00261 e. The van der Waals surface area contributed by atoms with Gasteiger partial charge in [0.15, 0.2) is 0 Å². The number of rotatable bonds is 6. The molecule has 0 atom stereocenters. The van der Waals surface area contributed by atoms with E-state index >= 15 is 0 Å². The summed E-state index contributed by atoms with van der Waals surface area (Å²) >= 11 is 0. The molecule has 0 nitrogen and oxygen atoms in total. The lowest BCUT2D eigenvalue weighted by atomic mass is 9.82. The highest BCUT2D eigenvalue weighted by Crippen LogP contribution is 2.47. The summed E-state index contributed by atoms with van der Waals surface area (Å²) in [5.41, 5.74) is 14.7. The molecule has 0 heteroatoms. The summed E-state index contributed by atoms with van der Waals surface area (Å²) in [6.45, 7) is 0. The molecule has 0 spiro atoms. The van der Waals surface area contributed by atoms with Gasteiger partial charge in [-0.25, -0.2) is 0 Å². The van der Waals surface area contributed by atoms with Gasteiger partial charge in [0.25, 0.3) is 0 Å². The fraction of sp³-hybridized carbons (Fsp3) is 0. The van der Waals surface area contributed by atoms with Crippen LogP contribution in [0.5, 0.6) is 0 Å². The smallest absolute Gasteiger partial charge is 0.00261 e. The van der Waals surface area contributed by atoms with E-state index in [1.165, 1.54) is 88.3 Å². The van der Waals surface area contributed by atoms with Crippen LogP contribution in [0, 0.1) is 0 Å². The maximum absolute atomic E-state index is 2.44. The molecule has 234 valence electrons. The zero-order valence-corrected chi connectivity index (χ0v) is 27.6. The first kappa shape index (κ1) is 29.6. The normalized spacial score (nSPS) is 11.2. The van der Waals surface area contributed by atoms with Gasteiger partial charge in [-0.05, 0) is 94.4 Å². The second-order valence-corrected chi connectivity index (χ2v) is 12.8. The number of hydrogen-bond acceptors (Lipinski definition) is 0. The minimum atomic E-state index is 1.20. The Kier molecular flexibility index (Phi) is 7.61. The van der Waals surface area contributed by atoms with E-state index in [9.17, 15) is 0 Å². The molecule has 9 rings (SSSR count). The van der Waals surface area contributed by atoms with Crippen molar-refractivity contribution in [3.05, 3.63) is 206 Å². The highest BCUT2D eigenvalue weighted by atomic mass is 14.2. The van der Waals surface area contributed by atoms with E-state index < -0.39 is 0 Å². The van der Waals surface area contributed by atoms with E-state index in [1.54, 1.807) is 0 Å². The van der Waals surface area contributed by atoms with E-state index in [2.05, 4.69) is 206 Å². The lowest BCUT2D eigenvalue weighted by Gasteiger charge is -2.21. The topological polar surface area (TPSA) is 0 Å². The van der Waals surface area contributed by atoms with Crippen molar-refractivity contribution in [2.45, 2.75) is 0 Å². The van der Waals surface area contributed by atoms with Crippen LogP contribution in [0.1, 0.15) is 0 Å². The molecular formula is C50H34. The Hall–Kier alpha value is -6.50. The molecule has 0 saturated heterocycles. The molecule has 0 amide bonds. The summed E-state index contributed by atoms with van der Waals surface area (Å²) in [7, 11) is 0. The number of benzene rings is 9. The van der Waals surface area contributed by atoms with Crippen LogP contribution in [0.4, 0.5) is 0 Å². The molecule has 0 fully saturated rings. The first-order valence-corrected chi connectivity index (χ1v) is 17.3. The monoisotopic (exact) mass is 634 g/mol. The highest BCUT2D eigenvalue weighted by molar-refractivity contribution is 6.21. The first-order chi connectivity index (χ1) is 24.8. The standard InChI is InChI=1S/C50H34/c1-4-18-35(19-5-1)39-24-10-12-26-41(39)43-33-32-38(34-48(43)42-27-13-11-25-40(42)36-20-6-2-7-21-36)50-46-30-16-14-28-44(46)49(37-22-8-3-9-23-37)45-29-15-17-31-47(45)50/h1-34H. The molecule has 0 N–H and O–H groups in total. The molecule has 0 aliphatic carbocycles. The van der Waals surface area contributed by atoms with E-state index in [0.29, 0.717) is 0 Å². The highest BCUT2D eigenvalue weighted by Gasteiger charge is 2.20. The van der Waals surface area contributed by atoms with Gasteiger partial charge >= 0.3 is 0 Å². The summed E-state index contributed by atoms with van der Waals surface area (Å²) in [4.78, 5) is 0. The molecule has 0 heterocycles. The van der Waals surface area contributed by atoms with E-state index in [-0.39, 0.29) is 0 Å². The molecule has 0 aromatic heterocycles. The Bertz CT molecular complexity index is 2560. The predicted octanol–water partition coefficient (Wildman–Crippen LogP) is 14.0. The van der Waals surface area contributed by atoms with Crippen LogP contribution in [0.25, 0.3) is 88.3 Å². The van der Waals surface area contributed by atoms with Crippen molar-refractivity contribution in [1.29, 1.82) is 0 Å². The van der Waals surface area contributed by atoms with Crippen LogP contribution >= 0.6 is 0 Å². The van der Waals surface area contributed by atoms with Crippen LogP contribution in [0.2, 0.25) is 0 Å². The maximum atomic E-state index is 2.44. The second-order valence-electron chi connectivity index (χ2n) is 12.8. The summed E-state index contributed by atoms with van der Waals surface area (Å²) in [5.74, 6) is 0. The van der Waals surface area contributed by atoms with Gasteiger partial charge in [0.2, 0.25) is 0 Å². The Labute approximate surface area is 293 Å². The van der Waals surface area contributed by atoms with Crippen LogP contribution in [-0.2, 0) is 0 Å². The lowest BCUT2D eigenvalue weighted by molar-refractivity contribution is 1.55. The molecule has 0 unspecified atom stereocenters. The van der Waals surface area contributed by atoms with Gasteiger partial charge in [0, 0.05) is 0 Å². The lowest BCUT2D eigenvalue weighted by Crippen LogP contribution is -1.94. The van der Waals surface area contributed by atoms with Crippen LogP contribution in [0.3, 0.4) is 0 Å². The van der Waals surface area contributed by atoms with Crippen molar-refractivity contribution in [1.82, 2.24) is 0 Å². The summed E-state index contributed by atoms with van der Waals surface area (Å²) in [5, 5.41) is 5.03. The van der Waals surface area contributed by atoms with Crippen molar-refractivity contribution < 1.29 is 0 Å². The third kappa shape index (κ3) is 5.19. The third-order valence-corrected chi connectivity index (χ3v) is 9.91. The molecule has 0 bridgehead atoms. The molecule has 0 saturated carbocycles. The van der Waals surface area contributed by atoms with Gasteiger partial charge in [-0.1, -0.05) is 200 Å². The molecule has 0 aliphatic heterocycles. The van der Waals surface area contributed by atoms with E-state index in [0.717, 1.165) is 0 Å². The van der Waals surface area contributed by atoms with Crippen molar-refractivity contribution in [3.8, 4) is 66.8 Å². The van der Waals surface area contributed by atoms with Gasteiger partial charge in [-0.15, -0.1) is 0 Å². The molecule has 0 aliphatic rings. The van der Waals surface area contributed by atoms with Gasteiger partial charge in [0.1, 0.15) is 0 Å². The fourth-order valence-electron chi connectivity index (χ4n) is 7.69. The zero-order valence-electron chi connectivity index (χ0n) is 27.6. The first-order valence-electron chi connectivity index (χ1n) is 17.3. The average molecular weight is 635 g/mol. The van der Waals surface area contributed by atoms with Crippen LogP contribution < -0.4 is 0 Å². The summed E-state index contributed by atoms with van der Waals surface area (Å²) in [6, 6.07) is 74.9. The molecule has 0 radical (unpaired) electrons. The van der Waals surface area contributed by atoms with Gasteiger partial charge in [-0.2, -0.15) is 0 Å². The van der Waals surface area contributed by atoms with Gasteiger partial charge < -0.3 is 0 Å². The van der Waals surface area contributed by atoms with E-state index in [4.69, 9.17) is 0 Å². The Morgan fingerprint density at radius 1 is 0.180 bits per heavy atom. The summed E-state index contributed by atoms with van der Waals surface area (Å²) in [6.07, 6.45) is 0. The van der Waals surface area contributed by atoms with Crippen molar-refractivity contribution in [2.75, 3.05) is 0 Å². The number of fused-ring (bicyclic) bond motifs is 2. The second kappa shape index (κ2) is 12.8. The van der Waals surface area contributed by atoms with Crippen molar-refractivity contribution >= 4 is 21.5 Å². The third-order valence-electron chi connectivity index (χ3n) is 9.91. The van der Waals surface area contributed by atoms with Crippen molar-refractivity contribution in [2.24, 2.45) is 0 Å². The Balaban J connectivity index is 1.37. The average Bonchev–Trinajstić information content (AvgIpc) is 3.20. The molecule has 9 aromatic rings. The number of hydrogen-bond donors (Lipinski definition) is 0. The molecule has 50 heavy (non-hydrogen) atoms. The van der Waals surface area contributed by atoms with Gasteiger partial charge in [0.05, 0.1) is 0 Å². The Morgan fingerprint density at radius 3 is 0.960 bits per heavy atom. The van der Waals surface area contributed by atoms with Gasteiger partial charge in [-0.3, -0.25) is 0 Å². The van der Waals surface area contributed by atoms with E-state index in [1.807, 2.05) is 0 Å². The predicted molar refractivity (Wildman–Crippen MR) is 214 cm³/mol. The minimum Gasteiger partial charge on any atom is -0.0622 e. The minimum absolute atomic E-state index is 1.20. The zero-order chi connectivity index (χ0) is 33.3. The quantitative estimate of drug-likeness (QED) is 0.160. The fourth-order valence-corrected chi connectivity index (χ4v) is 7.69. The molecule has 9 aromatic carbocycles. The van der Waals surface area contributed by atoms with Crippen LogP contribution in [0.15, 0.2) is 206 Å².